The number of nitrogens with one attached hydrogen (secondary N) is 1. The zero-order valence-electron chi connectivity index (χ0n) is 18.6. The summed E-state index contributed by atoms with van der Waals surface area (Å²) in [5.41, 5.74) is 1.86. The zero-order chi connectivity index (χ0) is 23.6. The van der Waals surface area contributed by atoms with Gasteiger partial charge >= 0.3 is 5.97 Å². The summed E-state index contributed by atoms with van der Waals surface area (Å²) in [4.78, 5) is 37.6. The molecule has 0 unspecified atom stereocenters. The second-order valence-corrected chi connectivity index (χ2v) is 8.26. The molecule has 174 valence electrons. The van der Waals surface area contributed by atoms with Crippen LogP contribution in [0.4, 0.5) is 0 Å². The minimum Gasteiger partial charge on any atom is -0.489 e. The van der Waals surface area contributed by atoms with Gasteiger partial charge in [-0.3, -0.25) is 9.59 Å². The van der Waals surface area contributed by atoms with E-state index in [1.54, 1.807) is 17.0 Å². The van der Waals surface area contributed by atoms with Crippen LogP contribution in [0.15, 0.2) is 67.3 Å². The summed E-state index contributed by atoms with van der Waals surface area (Å²) in [7, 11) is 0. The van der Waals surface area contributed by atoms with E-state index in [2.05, 4.69) is 11.9 Å². The molecule has 1 aliphatic rings. The van der Waals surface area contributed by atoms with Gasteiger partial charge in [0.2, 0.25) is 11.8 Å². The standard InChI is InChI=1S/C26H30N2O5/c1-2-25(30)28-14-12-20(13-15-28)17-24(29)27-23(26(31)32)16-19-8-10-22(11-9-19)33-18-21-6-4-3-5-7-21/h2-11,20,23H,1,12-18H2,(H,27,29)(H,31,32)/t23-/m0/s1. The van der Waals surface area contributed by atoms with E-state index in [4.69, 9.17) is 4.74 Å². The first kappa shape index (κ1) is 24.0. The smallest absolute Gasteiger partial charge is 0.326 e. The van der Waals surface area contributed by atoms with Crippen molar-refractivity contribution in [2.45, 2.75) is 38.3 Å². The van der Waals surface area contributed by atoms with E-state index in [9.17, 15) is 19.5 Å². The number of ether oxygens (including phenoxy) is 1. The van der Waals surface area contributed by atoms with E-state index >= 15 is 0 Å². The van der Waals surface area contributed by atoms with Crippen molar-refractivity contribution in [1.29, 1.82) is 0 Å². The van der Waals surface area contributed by atoms with Gasteiger partial charge in [0.15, 0.2) is 0 Å². The lowest BCUT2D eigenvalue weighted by molar-refractivity contribution is -0.142. The first-order valence-corrected chi connectivity index (χ1v) is 11.1. The number of carbonyl (C=O) groups excluding carboxylic acids is 2. The lowest BCUT2D eigenvalue weighted by atomic mass is 9.93. The Morgan fingerprint density at radius 1 is 1.06 bits per heavy atom. The Kier molecular flexibility index (Phi) is 8.63. The molecule has 2 aromatic carbocycles. The molecule has 2 aromatic rings. The number of carbonyl (C=O) groups is 3. The van der Waals surface area contributed by atoms with Crippen molar-refractivity contribution >= 4 is 17.8 Å². The number of piperidine rings is 1. The quantitative estimate of drug-likeness (QED) is 0.542. The van der Waals surface area contributed by atoms with E-state index in [0.29, 0.717) is 25.4 Å². The largest absolute Gasteiger partial charge is 0.489 e. The highest BCUT2D eigenvalue weighted by atomic mass is 16.5. The van der Waals surface area contributed by atoms with E-state index < -0.39 is 12.0 Å². The lowest BCUT2D eigenvalue weighted by Gasteiger charge is -2.31. The van der Waals surface area contributed by atoms with Crippen LogP contribution in [0, 0.1) is 5.92 Å². The second kappa shape index (κ2) is 11.9. The molecule has 7 heteroatoms. The summed E-state index contributed by atoms with van der Waals surface area (Å²) >= 11 is 0. The van der Waals surface area contributed by atoms with Gasteiger partial charge in [-0.25, -0.2) is 4.79 Å². The number of amides is 2. The fraction of sp³-hybridized carbons (Fsp3) is 0.346. The molecule has 1 fully saturated rings. The maximum absolute atomic E-state index is 12.5. The molecule has 0 radical (unpaired) electrons. The highest BCUT2D eigenvalue weighted by Gasteiger charge is 2.26. The van der Waals surface area contributed by atoms with Crippen molar-refractivity contribution in [3.63, 3.8) is 0 Å². The summed E-state index contributed by atoms with van der Waals surface area (Å²) < 4.78 is 5.76. The van der Waals surface area contributed by atoms with Crippen molar-refractivity contribution < 1.29 is 24.2 Å². The Bertz CT molecular complexity index is 950. The molecule has 0 saturated carbocycles. The minimum absolute atomic E-state index is 0.0969. The van der Waals surface area contributed by atoms with Crippen LogP contribution in [0.1, 0.15) is 30.4 Å². The average Bonchev–Trinajstić information content (AvgIpc) is 2.83. The first-order valence-electron chi connectivity index (χ1n) is 11.1. The van der Waals surface area contributed by atoms with Crippen LogP contribution < -0.4 is 10.1 Å². The van der Waals surface area contributed by atoms with Gasteiger partial charge in [-0.15, -0.1) is 0 Å². The Labute approximate surface area is 194 Å². The average molecular weight is 451 g/mol. The highest BCUT2D eigenvalue weighted by molar-refractivity contribution is 5.87. The first-order chi connectivity index (χ1) is 15.9. The minimum atomic E-state index is -1.07. The number of hydrogen-bond acceptors (Lipinski definition) is 4. The third-order valence-electron chi connectivity index (χ3n) is 5.82. The normalized spacial score (nSPS) is 14.8. The van der Waals surface area contributed by atoms with E-state index in [1.807, 2.05) is 42.5 Å². The van der Waals surface area contributed by atoms with Crippen LogP contribution in [-0.4, -0.2) is 46.9 Å². The van der Waals surface area contributed by atoms with Crippen molar-refractivity contribution in [1.82, 2.24) is 10.2 Å². The number of carboxylic acid groups (broad SMARTS) is 1. The van der Waals surface area contributed by atoms with Crippen molar-refractivity contribution in [3.05, 3.63) is 78.4 Å². The predicted octanol–water partition coefficient (Wildman–Crippen LogP) is 3.19. The Morgan fingerprint density at radius 2 is 1.73 bits per heavy atom. The summed E-state index contributed by atoms with van der Waals surface area (Å²) in [5.74, 6) is -0.618. The topological polar surface area (TPSA) is 95.9 Å². The molecular formula is C26H30N2O5. The van der Waals surface area contributed by atoms with E-state index in [1.165, 1.54) is 6.08 Å². The zero-order valence-corrected chi connectivity index (χ0v) is 18.6. The van der Waals surface area contributed by atoms with Crippen LogP contribution in [0.25, 0.3) is 0 Å². The molecule has 1 saturated heterocycles. The molecule has 1 atom stereocenters. The van der Waals surface area contributed by atoms with Gasteiger partial charge in [-0.1, -0.05) is 49.0 Å². The van der Waals surface area contributed by atoms with Gasteiger partial charge in [0.1, 0.15) is 18.4 Å². The molecular weight excluding hydrogens is 420 g/mol. The SMILES string of the molecule is C=CC(=O)N1CCC(CC(=O)N[C@@H](Cc2ccc(OCc3ccccc3)cc2)C(=O)O)CC1. The van der Waals surface area contributed by atoms with Crippen LogP contribution in [0.5, 0.6) is 5.75 Å². The number of rotatable bonds is 10. The molecule has 7 nitrogen and oxygen atoms in total. The maximum atomic E-state index is 12.5. The number of aliphatic carboxylic acids is 1. The molecule has 3 rings (SSSR count). The molecule has 1 aliphatic heterocycles. The molecule has 0 aromatic heterocycles. The van der Waals surface area contributed by atoms with Gasteiger partial charge in [-0.2, -0.15) is 0 Å². The van der Waals surface area contributed by atoms with Gasteiger partial charge in [0.25, 0.3) is 0 Å². The molecule has 33 heavy (non-hydrogen) atoms. The number of carboxylic acids is 1. The number of hydrogen-bond donors (Lipinski definition) is 2. The van der Waals surface area contributed by atoms with E-state index in [0.717, 1.165) is 24.0 Å². The van der Waals surface area contributed by atoms with Crippen LogP contribution >= 0.6 is 0 Å². The number of nitrogens with zero attached hydrogens (tertiary/aromatic N) is 1. The van der Waals surface area contributed by atoms with Crippen LogP contribution in [0.3, 0.4) is 0 Å². The Balaban J connectivity index is 1.47. The monoisotopic (exact) mass is 450 g/mol. The van der Waals surface area contributed by atoms with E-state index in [-0.39, 0.29) is 30.6 Å². The molecule has 0 bridgehead atoms. The number of likely N-dealkylation sites (tertiary alicyclic amines) is 1. The molecule has 2 N–H and O–H groups in total. The predicted molar refractivity (Wildman–Crippen MR) is 125 cm³/mol. The van der Waals surface area contributed by atoms with Gasteiger partial charge < -0.3 is 20.1 Å². The lowest BCUT2D eigenvalue weighted by Crippen LogP contribution is -2.44. The highest BCUT2D eigenvalue weighted by Crippen LogP contribution is 2.21. The van der Waals surface area contributed by atoms with Crippen molar-refractivity contribution in [2.24, 2.45) is 5.92 Å². The fourth-order valence-corrected chi connectivity index (χ4v) is 3.90. The summed E-state index contributed by atoms with van der Waals surface area (Å²) in [6, 6.07) is 16.1. The fourth-order valence-electron chi connectivity index (χ4n) is 3.90. The third-order valence-corrected chi connectivity index (χ3v) is 5.82. The summed E-state index contributed by atoms with van der Waals surface area (Å²) in [6.45, 7) is 5.12. The van der Waals surface area contributed by atoms with Gasteiger partial charge in [0, 0.05) is 25.9 Å². The molecule has 2 amide bonds. The van der Waals surface area contributed by atoms with Gasteiger partial charge in [-0.05, 0) is 48.1 Å². The van der Waals surface area contributed by atoms with Crippen LogP contribution in [0.2, 0.25) is 0 Å². The third kappa shape index (κ3) is 7.49. The maximum Gasteiger partial charge on any atom is 0.326 e. The number of benzene rings is 2. The molecule has 0 spiro atoms. The second-order valence-electron chi connectivity index (χ2n) is 8.26. The summed E-state index contributed by atoms with van der Waals surface area (Å²) in [6.07, 6.45) is 3.18. The molecule has 0 aliphatic carbocycles. The van der Waals surface area contributed by atoms with Crippen LogP contribution in [-0.2, 0) is 27.4 Å². The van der Waals surface area contributed by atoms with Crippen molar-refractivity contribution in [2.75, 3.05) is 13.1 Å². The molecule has 1 heterocycles. The Hall–Kier alpha value is -3.61. The summed E-state index contributed by atoms with van der Waals surface area (Å²) in [5, 5.41) is 12.2. The van der Waals surface area contributed by atoms with Crippen molar-refractivity contribution in [3.8, 4) is 5.75 Å². The van der Waals surface area contributed by atoms with Gasteiger partial charge in [0.05, 0.1) is 0 Å². The Morgan fingerprint density at radius 3 is 2.33 bits per heavy atom.